The Morgan fingerprint density at radius 1 is 1.35 bits per heavy atom. The van der Waals surface area contributed by atoms with E-state index in [4.69, 9.17) is 5.11 Å². The van der Waals surface area contributed by atoms with Gasteiger partial charge in [0.25, 0.3) is 0 Å². The Hall–Kier alpha value is -1.40. The van der Waals surface area contributed by atoms with Gasteiger partial charge in [0.1, 0.15) is 0 Å². The molecule has 1 aromatic carbocycles. The number of carbonyl (C=O) groups is 2. The fraction of sp³-hybridized carbons (Fsp3) is 0.529. The summed E-state index contributed by atoms with van der Waals surface area (Å²) in [7, 11) is 0. The van der Waals surface area contributed by atoms with Crippen LogP contribution in [0.3, 0.4) is 0 Å². The second kappa shape index (κ2) is 8.45. The first kappa shape index (κ1) is 17.9. The standard InChI is InChI=1S/C17H23BrN2O3/c1-2-19(12-17(22)23)15-6-8-20(9-7-15)16(21)11-13-4-3-5-14(18)10-13/h3-5,10,15H,2,6-9,11-12H2,1H3,(H,22,23). The van der Waals surface area contributed by atoms with E-state index in [9.17, 15) is 9.59 Å². The number of carboxylic acids is 1. The molecule has 126 valence electrons. The van der Waals surface area contributed by atoms with Crippen molar-refractivity contribution in [1.29, 1.82) is 0 Å². The Morgan fingerprint density at radius 2 is 2.04 bits per heavy atom. The number of hydrogen-bond acceptors (Lipinski definition) is 3. The molecule has 1 aliphatic rings. The van der Waals surface area contributed by atoms with Crippen LogP contribution in [0.2, 0.25) is 0 Å². The number of likely N-dealkylation sites (N-methyl/N-ethyl adjacent to an activating group) is 1. The van der Waals surface area contributed by atoms with Crippen molar-refractivity contribution >= 4 is 27.8 Å². The van der Waals surface area contributed by atoms with Crippen LogP contribution < -0.4 is 0 Å². The van der Waals surface area contributed by atoms with Crippen LogP contribution in [0.5, 0.6) is 0 Å². The quantitative estimate of drug-likeness (QED) is 0.820. The lowest BCUT2D eigenvalue weighted by molar-refractivity contribution is -0.140. The Labute approximate surface area is 145 Å². The summed E-state index contributed by atoms with van der Waals surface area (Å²) in [4.78, 5) is 27.2. The topological polar surface area (TPSA) is 60.9 Å². The number of halogens is 1. The Bertz CT molecular complexity index is 557. The molecule has 1 N–H and O–H groups in total. The molecule has 1 heterocycles. The first-order chi connectivity index (χ1) is 11.0. The van der Waals surface area contributed by atoms with Gasteiger partial charge in [-0.1, -0.05) is 35.0 Å². The van der Waals surface area contributed by atoms with E-state index in [-0.39, 0.29) is 18.5 Å². The molecule has 0 bridgehead atoms. The highest BCUT2D eigenvalue weighted by atomic mass is 79.9. The first-order valence-corrected chi connectivity index (χ1v) is 8.77. The van der Waals surface area contributed by atoms with Gasteiger partial charge in [-0.2, -0.15) is 0 Å². The summed E-state index contributed by atoms with van der Waals surface area (Å²) in [5, 5.41) is 8.96. The van der Waals surface area contributed by atoms with Crippen LogP contribution in [0.4, 0.5) is 0 Å². The van der Waals surface area contributed by atoms with E-state index in [1.54, 1.807) is 0 Å². The summed E-state index contributed by atoms with van der Waals surface area (Å²) < 4.78 is 0.980. The number of amides is 1. The van der Waals surface area contributed by atoms with Crippen molar-refractivity contribution in [1.82, 2.24) is 9.80 Å². The van der Waals surface area contributed by atoms with E-state index in [1.165, 1.54) is 0 Å². The zero-order chi connectivity index (χ0) is 16.8. The van der Waals surface area contributed by atoms with Crippen LogP contribution in [0.15, 0.2) is 28.7 Å². The molecular weight excluding hydrogens is 360 g/mol. The second-order valence-electron chi connectivity index (χ2n) is 5.88. The predicted molar refractivity (Wildman–Crippen MR) is 92.3 cm³/mol. The van der Waals surface area contributed by atoms with Crippen LogP contribution >= 0.6 is 15.9 Å². The summed E-state index contributed by atoms with van der Waals surface area (Å²) in [5.74, 6) is -0.650. The summed E-state index contributed by atoms with van der Waals surface area (Å²) in [6.45, 7) is 4.19. The van der Waals surface area contributed by atoms with Gasteiger partial charge in [0.05, 0.1) is 13.0 Å². The summed E-state index contributed by atoms with van der Waals surface area (Å²) in [6.07, 6.45) is 2.09. The molecule has 0 spiro atoms. The molecule has 0 radical (unpaired) electrons. The number of carboxylic acid groups (broad SMARTS) is 1. The van der Waals surface area contributed by atoms with Gasteiger partial charge in [-0.15, -0.1) is 0 Å². The van der Waals surface area contributed by atoms with Gasteiger partial charge in [0.2, 0.25) is 5.91 Å². The third-order valence-corrected chi connectivity index (χ3v) is 4.82. The maximum atomic E-state index is 12.4. The molecule has 1 aromatic rings. The number of piperidine rings is 1. The maximum absolute atomic E-state index is 12.4. The van der Waals surface area contributed by atoms with Gasteiger partial charge in [-0.25, -0.2) is 0 Å². The van der Waals surface area contributed by atoms with E-state index >= 15 is 0 Å². The molecule has 0 aromatic heterocycles. The molecule has 1 fully saturated rings. The molecule has 0 unspecified atom stereocenters. The number of carbonyl (C=O) groups excluding carboxylic acids is 1. The molecular formula is C17H23BrN2O3. The zero-order valence-electron chi connectivity index (χ0n) is 13.4. The summed E-state index contributed by atoms with van der Waals surface area (Å²) in [6, 6.07) is 8.06. The Morgan fingerprint density at radius 3 is 2.61 bits per heavy atom. The molecule has 1 amide bonds. The fourth-order valence-corrected chi connectivity index (χ4v) is 3.53. The smallest absolute Gasteiger partial charge is 0.317 e. The fourth-order valence-electron chi connectivity index (χ4n) is 3.09. The van der Waals surface area contributed by atoms with Crippen molar-refractivity contribution in [3.63, 3.8) is 0 Å². The third kappa shape index (κ3) is 5.32. The number of rotatable bonds is 6. The third-order valence-electron chi connectivity index (χ3n) is 4.32. The van der Waals surface area contributed by atoms with E-state index in [1.807, 2.05) is 41.0 Å². The number of hydrogen-bond donors (Lipinski definition) is 1. The van der Waals surface area contributed by atoms with Crippen molar-refractivity contribution in [2.24, 2.45) is 0 Å². The zero-order valence-corrected chi connectivity index (χ0v) is 15.0. The summed E-state index contributed by atoms with van der Waals surface area (Å²) >= 11 is 3.42. The monoisotopic (exact) mass is 382 g/mol. The number of benzene rings is 1. The molecule has 2 rings (SSSR count). The number of likely N-dealkylation sites (tertiary alicyclic amines) is 1. The highest BCUT2D eigenvalue weighted by molar-refractivity contribution is 9.10. The average Bonchev–Trinajstić information content (AvgIpc) is 2.52. The van der Waals surface area contributed by atoms with Gasteiger partial charge in [-0.05, 0) is 37.1 Å². The minimum atomic E-state index is -0.792. The van der Waals surface area contributed by atoms with Crippen LogP contribution in [-0.4, -0.2) is 59.0 Å². The highest BCUT2D eigenvalue weighted by Gasteiger charge is 2.27. The number of nitrogens with zero attached hydrogens (tertiary/aromatic N) is 2. The van der Waals surface area contributed by atoms with Gasteiger partial charge in [-0.3, -0.25) is 14.5 Å². The predicted octanol–water partition coefficient (Wildman–Crippen LogP) is 2.39. The van der Waals surface area contributed by atoms with E-state index in [0.717, 1.165) is 29.4 Å². The van der Waals surface area contributed by atoms with Crippen molar-refractivity contribution < 1.29 is 14.7 Å². The maximum Gasteiger partial charge on any atom is 0.317 e. The van der Waals surface area contributed by atoms with E-state index in [2.05, 4.69) is 15.9 Å². The largest absolute Gasteiger partial charge is 0.480 e. The highest BCUT2D eigenvalue weighted by Crippen LogP contribution is 2.18. The molecule has 0 atom stereocenters. The van der Waals surface area contributed by atoms with Gasteiger partial charge >= 0.3 is 5.97 Å². The molecule has 5 nitrogen and oxygen atoms in total. The molecule has 1 saturated heterocycles. The lowest BCUT2D eigenvalue weighted by Crippen LogP contribution is -2.48. The normalized spacial score (nSPS) is 15.9. The van der Waals surface area contributed by atoms with E-state index < -0.39 is 5.97 Å². The van der Waals surface area contributed by atoms with Crippen molar-refractivity contribution in [2.75, 3.05) is 26.2 Å². The molecule has 23 heavy (non-hydrogen) atoms. The lowest BCUT2D eigenvalue weighted by atomic mass is 10.0. The minimum Gasteiger partial charge on any atom is -0.480 e. The first-order valence-electron chi connectivity index (χ1n) is 7.97. The van der Waals surface area contributed by atoms with Crippen molar-refractivity contribution in [3.8, 4) is 0 Å². The van der Waals surface area contributed by atoms with Crippen LogP contribution in [-0.2, 0) is 16.0 Å². The average molecular weight is 383 g/mol. The van der Waals surface area contributed by atoms with Crippen molar-refractivity contribution in [3.05, 3.63) is 34.3 Å². The van der Waals surface area contributed by atoms with Gasteiger partial charge in [0, 0.05) is 23.6 Å². The van der Waals surface area contributed by atoms with E-state index in [0.29, 0.717) is 19.5 Å². The lowest BCUT2D eigenvalue weighted by Gasteiger charge is -2.37. The molecule has 0 aliphatic carbocycles. The van der Waals surface area contributed by atoms with Crippen LogP contribution in [0, 0.1) is 0 Å². The minimum absolute atomic E-state index is 0.0765. The van der Waals surface area contributed by atoms with Crippen LogP contribution in [0.25, 0.3) is 0 Å². The van der Waals surface area contributed by atoms with Crippen LogP contribution in [0.1, 0.15) is 25.3 Å². The summed E-state index contributed by atoms with van der Waals surface area (Å²) in [5.41, 5.74) is 1.01. The molecule has 0 saturated carbocycles. The SMILES string of the molecule is CCN(CC(=O)O)C1CCN(C(=O)Cc2cccc(Br)c2)CC1. The number of aliphatic carboxylic acids is 1. The molecule has 6 heteroatoms. The van der Waals surface area contributed by atoms with Gasteiger partial charge < -0.3 is 10.0 Å². The Kier molecular flexibility index (Phi) is 6.59. The Balaban J connectivity index is 1.86. The second-order valence-corrected chi connectivity index (χ2v) is 6.79. The molecule has 1 aliphatic heterocycles. The van der Waals surface area contributed by atoms with Crippen molar-refractivity contribution in [2.45, 2.75) is 32.2 Å². The van der Waals surface area contributed by atoms with Gasteiger partial charge in [0.15, 0.2) is 0 Å².